The molecule has 328 valence electrons. The molecule has 24 heteroatoms. The average Bonchev–Trinajstić information content (AvgIpc) is 3.94. The van der Waals surface area contributed by atoms with Crippen molar-refractivity contribution in [3.63, 3.8) is 0 Å². The lowest BCUT2D eigenvalue weighted by Crippen LogP contribution is -2.19. The Balaban J connectivity index is 0.000000175. The quantitative estimate of drug-likeness (QED) is 0.0609. The van der Waals surface area contributed by atoms with Crippen molar-refractivity contribution < 1.29 is 28.9 Å². The predicted octanol–water partition coefficient (Wildman–Crippen LogP) is 5.06. The minimum atomic E-state index is -0.629. The van der Waals surface area contributed by atoms with Crippen LogP contribution in [0.2, 0.25) is 5.28 Å². The molecule has 0 unspecified atom stereocenters. The van der Waals surface area contributed by atoms with Gasteiger partial charge in [0.15, 0.2) is 0 Å². The number of ether oxygens (including phenoxy) is 2. The highest BCUT2D eigenvalue weighted by molar-refractivity contribution is 6.28. The maximum Gasteiger partial charge on any atom is 0.329 e. The standard InChI is InChI=1S/C20H21N7O4.C11H8ClN5O3.C8H13N3O/c21-19(28)14-1-3-15(4-2-14)24-20-17(27(29)30)11-22-18(25-20)9-13-10-23-26(12-13)16-5-7-31-8-6-16;12-11-14-5-8(17(19)20)10(16-11)15-7-3-1-6(2-4-7)9(13)18;9-7-5-10-11(6-7)8-1-3-12-4-2-8/h1-4,10-12,16H,5-9H2,(H2,21,28)(H,22,24,25);1-5H,(H2,13,18)(H,14,15,16);5-6,8H,1-4,9H2. The fourth-order valence-electron chi connectivity index (χ4n) is 6.31. The zero-order valence-corrected chi connectivity index (χ0v) is 34.2. The van der Waals surface area contributed by atoms with E-state index in [-0.39, 0.29) is 28.3 Å². The number of anilines is 5. The molecule has 6 aromatic rings. The van der Waals surface area contributed by atoms with Crippen LogP contribution in [0.5, 0.6) is 0 Å². The van der Waals surface area contributed by atoms with Crippen LogP contribution in [-0.4, -0.2) is 87.6 Å². The van der Waals surface area contributed by atoms with Gasteiger partial charge in [-0.3, -0.25) is 39.2 Å². The summed E-state index contributed by atoms with van der Waals surface area (Å²) in [5.74, 6) is -0.662. The average molecular weight is 884 g/mol. The molecule has 0 saturated carbocycles. The smallest absolute Gasteiger partial charge is 0.329 e. The van der Waals surface area contributed by atoms with Gasteiger partial charge in [0.1, 0.15) is 18.2 Å². The fraction of sp³-hybridized carbons (Fsp3) is 0.282. The van der Waals surface area contributed by atoms with Gasteiger partial charge in [0, 0.05) is 67.7 Å². The van der Waals surface area contributed by atoms with Crippen molar-refractivity contribution in [1.82, 2.24) is 39.5 Å². The van der Waals surface area contributed by atoms with Gasteiger partial charge in [-0.05, 0) is 91.4 Å². The first-order valence-corrected chi connectivity index (χ1v) is 19.7. The largest absolute Gasteiger partial charge is 0.396 e. The minimum absolute atomic E-state index is 0.0400. The number of benzene rings is 2. The van der Waals surface area contributed by atoms with Crippen molar-refractivity contribution in [1.29, 1.82) is 0 Å². The number of nitrogens with two attached hydrogens (primary N) is 3. The fourth-order valence-corrected chi connectivity index (χ4v) is 6.45. The van der Waals surface area contributed by atoms with E-state index in [0.29, 0.717) is 46.8 Å². The van der Waals surface area contributed by atoms with Crippen LogP contribution in [-0.2, 0) is 15.9 Å². The number of primary amides is 2. The van der Waals surface area contributed by atoms with Gasteiger partial charge in [-0.2, -0.15) is 15.2 Å². The van der Waals surface area contributed by atoms with Crippen molar-refractivity contribution >= 4 is 63.5 Å². The number of nitro groups is 2. The second-order valence-corrected chi connectivity index (χ2v) is 14.3. The summed E-state index contributed by atoms with van der Waals surface area (Å²) in [7, 11) is 0. The number of amides is 2. The summed E-state index contributed by atoms with van der Waals surface area (Å²) in [4.78, 5) is 59.0. The first-order chi connectivity index (χ1) is 30.3. The molecule has 8 rings (SSSR count). The van der Waals surface area contributed by atoms with Crippen LogP contribution >= 0.6 is 11.6 Å². The molecule has 2 aliphatic rings. The van der Waals surface area contributed by atoms with Crippen LogP contribution in [0.4, 0.5) is 40.1 Å². The lowest BCUT2D eigenvalue weighted by molar-refractivity contribution is -0.384. The van der Waals surface area contributed by atoms with E-state index in [0.717, 1.165) is 69.6 Å². The van der Waals surface area contributed by atoms with Crippen LogP contribution in [0.1, 0.15) is 69.9 Å². The van der Waals surface area contributed by atoms with E-state index >= 15 is 0 Å². The summed E-state index contributed by atoms with van der Waals surface area (Å²) >= 11 is 5.61. The zero-order chi connectivity index (χ0) is 44.9. The van der Waals surface area contributed by atoms with Crippen LogP contribution in [0.3, 0.4) is 0 Å². The number of hydrogen-bond acceptors (Lipinski definition) is 17. The number of nitrogen functional groups attached to an aromatic ring is 1. The number of carbonyl (C=O) groups excluding carboxylic acids is 2. The van der Waals surface area contributed by atoms with Gasteiger partial charge < -0.3 is 37.3 Å². The van der Waals surface area contributed by atoms with Crippen molar-refractivity contribution in [2.24, 2.45) is 11.5 Å². The summed E-state index contributed by atoms with van der Waals surface area (Å²) in [5, 5.41) is 36.4. The predicted molar refractivity (Wildman–Crippen MR) is 229 cm³/mol. The van der Waals surface area contributed by atoms with Gasteiger partial charge in [-0.25, -0.2) is 15.0 Å². The van der Waals surface area contributed by atoms with Gasteiger partial charge in [-0.1, -0.05) is 0 Å². The van der Waals surface area contributed by atoms with Crippen molar-refractivity contribution in [2.45, 2.75) is 44.2 Å². The minimum Gasteiger partial charge on any atom is -0.396 e. The number of halogens is 1. The lowest BCUT2D eigenvalue weighted by atomic mass is 10.1. The Morgan fingerprint density at radius 1 is 0.698 bits per heavy atom. The second-order valence-electron chi connectivity index (χ2n) is 14.0. The third kappa shape index (κ3) is 12.7. The molecular weight excluding hydrogens is 842 g/mol. The second kappa shape index (κ2) is 21.2. The number of nitrogens with zero attached hydrogens (tertiary/aromatic N) is 10. The van der Waals surface area contributed by atoms with Gasteiger partial charge in [-0.15, -0.1) is 0 Å². The van der Waals surface area contributed by atoms with E-state index < -0.39 is 21.7 Å². The molecule has 0 bridgehead atoms. The molecule has 2 fully saturated rings. The zero-order valence-electron chi connectivity index (χ0n) is 33.4. The van der Waals surface area contributed by atoms with E-state index in [9.17, 15) is 29.8 Å². The van der Waals surface area contributed by atoms with E-state index in [2.05, 4.69) is 40.8 Å². The first kappa shape index (κ1) is 44.9. The molecule has 23 nitrogen and oxygen atoms in total. The van der Waals surface area contributed by atoms with E-state index in [4.69, 9.17) is 38.3 Å². The van der Waals surface area contributed by atoms with Crippen LogP contribution in [0.25, 0.3) is 0 Å². The molecule has 4 aromatic heterocycles. The Morgan fingerprint density at radius 3 is 1.62 bits per heavy atom. The van der Waals surface area contributed by atoms with Gasteiger partial charge in [0.05, 0.1) is 40.0 Å². The SMILES string of the molecule is NC(=O)c1ccc(Nc2nc(Cc3cnn(C4CCOCC4)c3)ncc2[N+](=O)[O-])cc1.NC(=O)c1ccc(Nc2nc(Cl)ncc2[N+](=O)[O-])cc1.Nc1cnn(C2CCOCC2)c1. The molecule has 63 heavy (non-hydrogen) atoms. The third-order valence-corrected chi connectivity index (χ3v) is 9.77. The van der Waals surface area contributed by atoms with Gasteiger partial charge >= 0.3 is 11.4 Å². The van der Waals surface area contributed by atoms with Crippen LogP contribution < -0.4 is 27.8 Å². The number of aromatic nitrogens is 8. The highest BCUT2D eigenvalue weighted by Gasteiger charge is 2.21. The molecule has 6 heterocycles. The summed E-state index contributed by atoms with van der Waals surface area (Å²) in [6, 6.07) is 13.1. The van der Waals surface area contributed by atoms with E-state index in [1.54, 1.807) is 36.7 Å². The number of nitrogens with one attached hydrogen (secondary N) is 2. The van der Waals surface area contributed by atoms with Crippen molar-refractivity contribution in [3.05, 3.63) is 134 Å². The Bertz CT molecular complexity index is 2520. The molecule has 8 N–H and O–H groups in total. The first-order valence-electron chi connectivity index (χ1n) is 19.3. The number of carbonyl (C=O) groups is 2. The summed E-state index contributed by atoms with van der Waals surface area (Å²) in [6.45, 7) is 3.12. The Hall–Kier alpha value is -7.63. The summed E-state index contributed by atoms with van der Waals surface area (Å²) in [6.07, 6.45) is 13.8. The molecule has 2 aromatic carbocycles. The number of hydrogen-bond donors (Lipinski definition) is 5. The molecular formula is C39H42ClN15O8. The molecule has 0 aliphatic carbocycles. The Labute approximate surface area is 363 Å². The van der Waals surface area contributed by atoms with Gasteiger partial charge in [0.25, 0.3) is 0 Å². The highest BCUT2D eigenvalue weighted by atomic mass is 35.5. The number of rotatable bonds is 12. The lowest BCUT2D eigenvalue weighted by Gasteiger charge is -2.22. The molecule has 2 saturated heterocycles. The molecule has 0 radical (unpaired) electrons. The maximum atomic E-state index is 11.4. The van der Waals surface area contributed by atoms with Crippen molar-refractivity contribution in [3.8, 4) is 0 Å². The van der Waals surface area contributed by atoms with Gasteiger partial charge in [0.2, 0.25) is 28.7 Å². The monoisotopic (exact) mass is 883 g/mol. The van der Waals surface area contributed by atoms with Crippen LogP contribution in [0, 0.1) is 20.2 Å². The van der Waals surface area contributed by atoms with E-state index in [1.807, 2.05) is 21.8 Å². The topological polar surface area (TPSA) is 328 Å². The summed E-state index contributed by atoms with van der Waals surface area (Å²) in [5.41, 5.74) is 18.7. The molecule has 0 atom stereocenters. The molecule has 2 aliphatic heterocycles. The van der Waals surface area contributed by atoms with Crippen LogP contribution in [0.15, 0.2) is 85.7 Å². The third-order valence-electron chi connectivity index (χ3n) is 9.59. The maximum absolute atomic E-state index is 11.4. The highest BCUT2D eigenvalue weighted by Crippen LogP contribution is 2.28. The Kier molecular flexibility index (Phi) is 15.1. The Morgan fingerprint density at radius 2 is 1.16 bits per heavy atom. The van der Waals surface area contributed by atoms with E-state index in [1.165, 1.54) is 30.5 Å². The molecule has 0 spiro atoms. The molecule has 2 amide bonds. The normalized spacial score (nSPS) is 14.0. The van der Waals surface area contributed by atoms with Crippen molar-refractivity contribution in [2.75, 3.05) is 42.8 Å². The summed E-state index contributed by atoms with van der Waals surface area (Å²) < 4.78 is 14.5.